The Balaban J connectivity index is 1.49. The van der Waals surface area contributed by atoms with Crippen LogP contribution in [0.5, 0.6) is 0 Å². The number of nitrogens with two attached hydrogens (primary N) is 1. The normalized spacial score (nSPS) is 15.2. The van der Waals surface area contributed by atoms with Crippen LogP contribution in [0.3, 0.4) is 0 Å². The summed E-state index contributed by atoms with van der Waals surface area (Å²) in [5, 5.41) is 4.18. The van der Waals surface area contributed by atoms with E-state index in [1.54, 1.807) is 0 Å². The molecule has 0 bridgehead atoms. The zero-order chi connectivity index (χ0) is 16.6. The Morgan fingerprint density at radius 1 is 1.08 bits per heavy atom. The van der Waals surface area contributed by atoms with Crippen molar-refractivity contribution in [1.82, 2.24) is 10.3 Å². The zero-order valence-corrected chi connectivity index (χ0v) is 13.3. The standard InChI is InChI=1S/C20H19N3O/c21-16-7-9-18-14(12-16)6-8-17(22-18)13-19(24)23-20(10-11-20)15-4-2-1-3-5-15/h1-9,12H,10-11,13,21H2,(H,23,24). The van der Waals surface area contributed by atoms with Gasteiger partial charge in [-0.05, 0) is 42.7 Å². The number of carbonyl (C=O) groups is 1. The van der Waals surface area contributed by atoms with Crippen LogP contribution in [0.2, 0.25) is 0 Å². The van der Waals surface area contributed by atoms with Crippen LogP contribution in [0.1, 0.15) is 24.1 Å². The molecule has 0 saturated heterocycles. The topological polar surface area (TPSA) is 68.0 Å². The van der Waals surface area contributed by atoms with Gasteiger partial charge in [0, 0.05) is 11.1 Å². The summed E-state index contributed by atoms with van der Waals surface area (Å²) in [6, 6.07) is 19.6. The number of hydrogen-bond acceptors (Lipinski definition) is 3. The summed E-state index contributed by atoms with van der Waals surface area (Å²) in [6.07, 6.45) is 2.27. The summed E-state index contributed by atoms with van der Waals surface area (Å²) in [4.78, 5) is 17.0. The molecule has 0 aliphatic heterocycles. The van der Waals surface area contributed by atoms with Crippen molar-refractivity contribution < 1.29 is 4.79 Å². The van der Waals surface area contributed by atoms with Crippen molar-refractivity contribution in [2.24, 2.45) is 0 Å². The fourth-order valence-electron chi connectivity index (χ4n) is 3.13. The fourth-order valence-corrected chi connectivity index (χ4v) is 3.13. The summed E-state index contributed by atoms with van der Waals surface area (Å²) in [5.41, 5.74) is 9.13. The van der Waals surface area contributed by atoms with Crippen LogP contribution in [-0.2, 0) is 16.8 Å². The lowest BCUT2D eigenvalue weighted by atomic mass is 10.0. The van der Waals surface area contributed by atoms with Gasteiger partial charge in [0.05, 0.1) is 23.2 Å². The third kappa shape index (κ3) is 2.83. The molecule has 4 rings (SSSR count). The van der Waals surface area contributed by atoms with E-state index in [4.69, 9.17) is 5.73 Å². The summed E-state index contributed by atoms with van der Waals surface area (Å²) >= 11 is 0. The number of pyridine rings is 1. The average Bonchev–Trinajstić information content (AvgIpc) is 3.36. The van der Waals surface area contributed by atoms with E-state index in [9.17, 15) is 4.79 Å². The highest BCUT2D eigenvalue weighted by Crippen LogP contribution is 2.45. The Bertz CT molecular complexity index is 901. The number of nitrogen functional groups attached to an aromatic ring is 1. The molecule has 1 aliphatic carbocycles. The van der Waals surface area contributed by atoms with Gasteiger partial charge in [-0.15, -0.1) is 0 Å². The number of carbonyl (C=O) groups excluding carboxylic acids is 1. The van der Waals surface area contributed by atoms with Gasteiger partial charge in [-0.25, -0.2) is 0 Å². The van der Waals surface area contributed by atoms with Gasteiger partial charge >= 0.3 is 0 Å². The number of anilines is 1. The second-order valence-corrected chi connectivity index (χ2v) is 6.43. The van der Waals surface area contributed by atoms with Crippen molar-refractivity contribution in [3.05, 3.63) is 71.9 Å². The van der Waals surface area contributed by atoms with Crippen LogP contribution in [0.15, 0.2) is 60.7 Å². The minimum absolute atomic E-state index is 0.0126. The second-order valence-electron chi connectivity index (χ2n) is 6.43. The van der Waals surface area contributed by atoms with Crippen LogP contribution < -0.4 is 11.1 Å². The van der Waals surface area contributed by atoms with Gasteiger partial charge < -0.3 is 11.1 Å². The molecule has 0 radical (unpaired) electrons. The maximum atomic E-state index is 12.5. The van der Waals surface area contributed by atoms with Crippen LogP contribution >= 0.6 is 0 Å². The minimum Gasteiger partial charge on any atom is -0.399 e. The highest BCUT2D eigenvalue weighted by Gasteiger charge is 2.45. The van der Waals surface area contributed by atoms with Gasteiger partial charge in [0.2, 0.25) is 5.91 Å². The van der Waals surface area contributed by atoms with E-state index in [1.807, 2.05) is 48.5 Å². The zero-order valence-electron chi connectivity index (χ0n) is 13.3. The smallest absolute Gasteiger partial charge is 0.226 e. The van der Waals surface area contributed by atoms with E-state index < -0.39 is 0 Å². The largest absolute Gasteiger partial charge is 0.399 e. The van der Waals surface area contributed by atoms with Crippen LogP contribution in [0.25, 0.3) is 10.9 Å². The second kappa shape index (κ2) is 5.64. The predicted molar refractivity (Wildman–Crippen MR) is 95.4 cm³/mol. The molecule has 1 fully saturated rings. The molecule has 120 valence electrons. The Morgan fingerprint density at radius 3 is 2.62 bits per heavy atom. The Kier molecular flexibility index (Phi) is 3.45. The van der Waals surface area contributed by atoms with Gasteiger partial charge in [-0.1, -0.05) is 36.4 Å². The molecule has 4 heteroatoms. The van der Waals surface area contributed by atoms with Crippen molar-refractivity contribution in [2.75, 3.05) is 5.73 Å². The third-order valence-corrected chi connectivity index (χ3v) is 4.57. The van der Waals surface area contributed by atoms with Crippen LogP contribution in [0, 0.1) is 0 Å². The first-order valence-electron chi connectivity index (χ1n) is 8.16. The molecule has 4 nitrogen and oxygen atoms in total. The summed E-state index contributed by atoms with van der Waals surface area (Å²) < 4.78 is 0. The Morgan fingerprint density at radius 2 is 1.88 bits per heavy atom. The lowest BCUT2D eigenvalue weighted by Crippen LogP contribution is -2.36. The SMILES string of the molecule is Nc1ccc2nc(CC(=O)NC3(c4ccccc4)CC3)ccc2c1. The summed E-state index contributed by atoms with van der Waals surface area (Å²) in [6.45, 7) is 0. The first-order valence-corrected chi connectivity index (χ1v) is 8.16. The van der Waals surface area contributed by atoms with E-state index in [1.165, 1.54) is 5.56 Å². The fraction of sp³-hybridized carbons (Fsp3) is 0.200. The number of rotatable bonds is 4. The first-order chi connectivity index (χ1) is 11.6. The van der Waals surface area contributed by atoms with Gasteiger partial charge in [0.25, 0.3) is 0 Å². The quantitative estimate of drug-likeness (QED) is 0.726. The molecule has 0 unspecified atom stereocenters. The monoisotopic (exact) mass is 317 g/mol. The molecule has 1 aliphatic rings. The van der Waals surface area contributed by atoms with Crippen molar-refractivity contribution in [3.63, 3.8) is 0 Å². The lowest BCUT2D eigenvalue weighted by molar-refractivity contribution is -0.121. The maximum absolute atomic E-state index is 12.5. The number of aromatic nitrogens is 1. The van der Waals surface area contributed by atoms with Gasteiger partial charge in [0.15, 0.2) is 0 Å². The molecule has 1 saturated carbocycles. The van der Waals surface area contributed by atoms with Gasteiger partial charge in [0.1, 0.15) is 0 Å². The number of fused-ring (bicyclic) bond motifs is 1. The molecule has 1 amide bonds. The number of benzene rings is 2. The molecule has 1 heterocycles. The van der Waals surface area contributed by atoms with Crippen LogP contribution in [0.4, 0.5) is 5.69 Å². The highest BCUT2D eigenvalue weighted by atomic mass is 16.1. The number of hydrogen-bond donors (Lipinski definition) is 2. The molecule has 0 atom stereocenters. The van der Waals surface area contributed by atoms with Crippen molar-refractivity contribution in [3.8, 4) is 0 Å². The molecule has 3 aromatic rings. The van der Waals surface area contributed by atoms with Gasteiger partial charge in [-0.2, -0.15) is 0 Å². The van der Waals surface area contributed by atoms with E-state index >= 15 is 0 Å². The molecule has 0 spiro atoms. The molecule has 1 aromatic heterocycles. The average molecular weight is 317 g/mol. The Labute approximate surface area is 140 Å². The summed E-state index contributed by atoms with van der Waals surface area (Å²) in [5.74, 6) is 0.0126. The Hall–Kier alpha value is -2.88. The first kappa shape index (κ1) is 14.7. The maximum Gasteiger partial charge on any atom is 0.226 e. The summed E-state index contributed by atoms with van der Waals surface area (Å²) in [7, 11) is 0. The number of nitrogens with zero attached hydrogens (tertiary/aromatic N) is 1. The molecular weight excluding hydrogens is 298 g/mol. The highest BCUT2D eigenvalue weighted by molar-refractivity contribution is 5.84. The number of amides is 1. The van der Waals surface area contributed by atoms with Crippen molar-refractivity contribution in [1.29, 1.82) is 0 Å². The van der Waals surface area contributed by atoms with Gasteiger partial charge in [-0.3, -0.25) is 9.78 Å². The van der Waals surface area contributed by atoms with E-state index in [0.29, 0.717) is 5.69 Å². The van der Waals surface area contributed by atoms with E-state index in [-0.39, 0.29) is 17.9 Å². The van der Waals surface area contributed by atoms with Crippen molar-refractivity contribution in [2.45, 2.75) is 24.8 Å². The molecule has 24 heavy (non-hydrogen) atoms. The van der Waals surface area contributed by atoms with Crippen molar-refractivity contribution >= 4 is 22.5 Å². The van der Waals surface area contributed by atoms with E-state index in [0.717, 1.165) is 29.4 Å². The molecule has 3 N–H and O–H groups in total. The number of nitrogens with one attached hydrogen (secondary N) is 1. The molecule has 2 aromatic carbocycles. The lowest BCUT2D eigenvalue weighted by Gasteiger charge is -2.18. The predicted octanol–water partition coefficient (Wildman–Crippen LogP) is 3.17. The third-order valence-electron chi connectivity index (χ3n) is 4.57. The minimum atomic E-state index is -0.177. The van der Waals surface area contributed by atoms with E-state index in [2.05, 4.69) is 22.4 Å². The van der Waals surface area contributed by atoms with Crippen LogP contribution in [-0.4, -0.2) is 10.9 Å². The molecular formula is C20H19N3O.